The van der Waals surface area contributed by atoms with Crippen molar-refractivity contribution in [3.8, 4) is 0 Å². The van der Waals surface area contributed by atoms with Gasteiger partial charge in [0.1, 0.15) is 6.10 Å². The molecule has 2 heterocycles. The van der Waals surface area contributed by atoms with Crippen LogP contribution in [0.25, 0.3) is 0 Å². The van der Waals surface area contributed by atoms with Gasteiger partial charge in [-0.1, -0.05) is 19.0 Å². The van der Waals surface area contributed by atoms with Gasteiger partial charge in [0.05, 0.1) is 5.54 Å². The van der Waals surface area contributed by atoms with Crippen LogP contribution in [-0.4, -0.2) is 23.3 Å². The minimum absolute atomic E-state index is 0.0856. The predicted molar refractivity (Wildman–Crippen MR) is 68.1 cm³/mol. The van der Waals surface area contributed by atoms with Crippen LogP contribution in [-0.2, 0) is 10.3 Å². The summed E-state index contributed by atoms with van der Waals surface area (Å²) in [6.07, 6.45) is 2.10. The molecular weight excluding hydrogens is 230 g/mol. The summed E-state index contributed by atoms with van der Waals surface area (Å²) in [4.78, 5) is 4.54. The number of nitrogens with one attached hydrogen (secondary N) is 1. The quantitative estimate of drug-likeness (QED) is 0.873. The van der Waals surface area contributed by atoms with Crippen molar-refractivity contribution in [2.75, 3.05) is 13.2 Å². The summed E-state index contributed by atoms with van der Waals surface area (Å²) < 4.78 is 11.1. The molecule has 0 spiro atoms. The van der Waals surface area contributed by atoms with Gasteiger partial charge in [-0.25, -0.2) is 0 Å². The maximum absolute atomic E-state index is 5.69. The SMILES string of the molecule is CCOC(c1noc(C2(C)CCCN2)n1)C(C)C. The molecule has 0 radical (unpaired) electrons. The van der Waals surface area contributed by atoms with Crippen molar-refractivity contribution in [2.45, 2.75) is 52.2 Å². The van der Waals surface area contributed by atoms with Crippen molar-refractivity contribution in [3.63, 3.8) is 0 Å². The van der Waals surface area contributed by atoms with E-state index in [1.807, 2.05) is 6.92 Å². The Hall–Kier alpha value is -0.940. The van der Waals surface area contributed by atoms with Crippen LogP contribution in [0.5, 0.6) is 0 Å². The normalized spacial score (nSPS) is 25.8. The van der Waals surface area contributed by atoms with E-state index in [9.17, 15) is 0 Å². The van der Waals surface area contributed by atoms with Gasteiger partial charge in [0.15, 0.2) is 0 Å². The molecule has 5 heteroatoms. The minimum atomic E-state index is -0.168. The molecule has 1 aliphatic heterocycles. The third-order valence-electron chi connectivity index (χ3n) is 3.49. The van der Waals surface area contributed by atoms with E-state index in [0.29, 0.717) is 24.2 Å². The molecule has 0 aromatic carbocycles. The Balaban J connectivity index is 2.18. The highest BCUT2D eigenvalue weighted by Crippen LogP contribution is 2.31. The number of ether oxygens (including phenoxy) is 1. The summed E-state index contributed by atoms with van der Waals surface area (Å²) in [6, 6.07) is 0. The summed E-state index contributed by atoms with van der Waals surface area (Å²) in [5.41, 5.74) is -0.168. The molecule has 2 unspecified atom stereocenters. The lowest BCUT2D eigenvalue weighted by atomic mass is 10.0. The predicted octanol–water partition coefficient (Wildman–Crippen LogP) is 2.40. The van der Waals surface area contributed by atoms with E-state index in [2.05, 4.69) is 36.2 Å². The van der Waals surface area contributed by atoms with Crippen LogP contribution in [0.2, 0.25) is 0 Å². The van der Waals surface area contributed by atoms with Gasteiger partial charge in [-0.15, -0.1) is 0 Å². The van der Waals surface area contributed by atoms with Gasteiger partial charge in [0.2, 0.25) is 11.7 Å². The zero-order valence-corrected chi connectivity index (χ0v) is 11.7. The van der Waals surface area contributed by atoms with Gasteiger partial charge in [0, 0.05) is 6.61 Å². The third-order valence-corrected chi connectivity index (χ3v) is 3.49. The van der Waals surface area contributed by atoms with E-state index >= 15 is 0 Å². The van der Waals surface area contributed by atoms with Gasteiger partial charge in [-0.05, 0) is 39.2 Å². The summed E-state index contributed by atoms with van der Waals surface area (Å²) >= 11 is 0. The van der Waals surface area contributed by atoms with E-state index in [0.717, 1.165) is 19.4 Å². The van der Waals surface area contributed by atoms with E-state index in [4.69, 9.17) is 9.26 Å². The van der Waals surface area contributed by atoms with Crippen molar-refractivity contribution in [3.05, 3.63) is 11.7 Å². The molecular formula is C13H23N3O2. The lowest BCUT2D eigenvalue weighted by molar-refractivity contribution is 0.0217. The zero-order chi connectivity index (χ0) is 13.2. The van der Waals surface area contributed by atoms with Crippen LogP contribution in [0.3, 0.4) is 0 Å². The van der Waals surface area contributed by atoms with E-state index in [-0.39, 0.29) is 11.6 Å². The van der Waals surface area contributed by atoms with E-state index in [1.165, 1.54) is 0 Å². The number of nitrogens with zero attached hydrogens (tertiary/aromatic N) is 2. The van der Waals surface area contributed by atoms with Gasteiger partial charge in [-0.2, -0.15) is 4.98 Å². The first-order valence-electron chi connectivity index (χ1n) is 6.77. The van der Waals surface area contributed by atoms with Gasteiger partial charge in [-0.3, -0.25) is 0 Å². The summed E-state index contributed by atoms with van der Waals surface area (Å²) in [6.45, 7) is 9.96. The molecule has 2 rings (SSSR count). The Kier molecular flexibility index (Phi) is 4.02. The Morgan fingerprint density at radius 1 is 1.50 bits per heavy atom. The van der Waals surface area contributed by atoms with Crippen LogP contribution in [0, 0.1) is 5.92 Å². The third kappa shape index (κ3) is 2.57. The van der Waals surface area contributed by atoms with Gasteiger partial charge < -0.3 is 14.6 Å². The Morgan fingerprint density at radius 2 is 2.28 bits per heavy atom. The van der Waals surface area contributed by atoms with Crippen molar-refractivity contribution in [1.82, 2.24) is 15.5 Å². The first-order valence-corrected chi connectivity index (χ1v) is 6.77. The number of hydrogen-bond acceptors (Lipinski definition) is 5. The standard InChI is InChI=1S/C13H23N3O2/c1-5-17-10(9(2)3)11-15-12(18-16-11)13(4)7-6-8-14-13/h9-10,14H,5-8H2,1-4H3. The molecule has 0 aliphatic carbocycles. The molecule has 1 fully saturated rings. The topological polar surface area (TPSA) is 60.2 Å². The molecule has 1 aliphatic rings. The molecule has 102 valence electrons. The lowest BCUT2D eigenvalue weighted by Gasteiger charge is -2.19. The molecule has 0 amide bonds. The highest BCUT2D eigenvalue weighted by atomic mass is 16.5. The smallest absolute Gasteiger partial charge is 0.246 e. The monoisotopic (exact) mass is 253 g/mol. The van der Waals surface area contributed by atoms with Crippen molar-refractivity contribution >= 4 is 0 Å². The Bertz CT molecular complexity index is 383. The van der Waals surface area contributed by atoms with Gasteiger partial charge >= 0.3 is 0 Å². The largest absolute Gasteiger partial charge is 0.370 e. The average Bonchev–Trinajstić information content (AvgIpc) is 2.95. The van der Waals surface area contributed by atoms with Crippen LogP contribution < -0.4 is 5.32 Å². The molecule has 1 N–H and O–H groups in total. The van der Waals surface area contributed by atoms with Crippen LogP contribution in [0.15, 0.2) is 4.52 Å². The van der Waals surface area contributed by atoms with Crippen molar-refractivity contribution < 1.29 is 9.26 Å². The van der Waals surface area contributed by atoms with E-state index in [1.54, 1.807) is 0 Å². The second-order valence-corrected chi connectivity index (χ2v) is 5.44. The highest BCUT2D eigenvalue weighted by Gasteiger charge is 2.36. The highest BCUT2D eigenvalue weighted by molar-refractivity contribution is 5.05. The second-order valence-electron chi connectivity index (χ2n) is 5.44. The fraction of sp³-hybridized carbons (Fsp3) is 0.846. The van der Waals surface area contributed by atoms with Crippen molar-refractivity contribution in [1.29, 1.82) is 0 Å². The molecule has 18 heavy (non-hydrogen) atoms. The second kappa shape index (κ2) is 5.36. The first kappa shape index (κ1) is 13.5. The molecule has 1 saturated heterocycles. The molecule has 0 saturated carbocycles. The average molecular weight is 253 g/mol. The zero-order valence-electron chi connectivity index (χ0n) is 11.7. The summed E-state index contributed by atoms with van der Waals surface area (Å²) in [7, 11) is 0. The van der Waals surface area contributed by atoms with Gasteiger partial charge in [0.25, 0.3) is 0 Å². The van der Waals surface area contributed by atoms with Crippen LogP contribution >= 0.6 is 0 Å². The molecule has 1 aromatic heterocycles. The molecule has 1 aromatic rings. The molecule has 2 atom stereocenters. The minimum Gasteiger partial charge on any atom is -0.370 e. The van der Waals surface area contributed by atoms with Crippen LogP contribution in [0.1, 0.15) is 58.4 Å². The lowest BCUT2D eigenvalue weighted by Crippen LogP contribution is -2.33. The Morgan fingerprint density at radius 3 is 2.83 bits per heavy atom. The fourth-order valence-corrected chi connectivity index (χ4v) is 2.40. The maximum atomic E-state index is 5.69. The Labute approximate surface area is 108 Å². The maximum Gasteiger partial charge on any atom is 0.246 e. The summed E-state index contributed by atoms with van der Waals surface area (Å²) in [5, 5.41) is 7.52. The molecule has 0 bridgehead atoms. The molecule has 5 nitrogen and oxygen atoms in total. The van der Waals surface area contributed by atoms with Crippen LogP contribution in [0.4, 0.5) is 0 Å². The summed E-state index contributed by atoms with van der Waals surface area (Å²) in [5.74, 6) is 1.68. The number of rotatable bonds is 5. The number of hydrogen-bond donors (Lipinski definition) is 1. The number of aromatic nitrogens is 2. The first-order chi connectivity index (χ1) is 8.57. The van der Waals surface area contributed by atoms with E-state index < -0.39 is 0 Å². The van der Waals surface area contributed by atoms with Crippen molar-refractivity contribution in [2.24, 2.45) is 5.92 Å². The fourth-order valence-electron chi connectivity index (χ4n) is 2.40.